The number of amidine groups is 1. The Bertz CT molecular complexity index is 1030. The van der Waals surface area contributed by atoms with Crippen LogP contribution in [0.2, 0.25) is 0 Å². The predicted molar refractivity (Wildman–Crippen MR) is 112 cm³/mol. The minimum Gasteiger partial charge on any atom is -0.384 e. The Labute approximate surface area is 158 Å². The van der Waals surface area contributed by atoms with Gasteiger partial charge in [0.05, 0.1) is 0 Å². The second-order valence-electron chi connectivity index (χ2n) is 6.19. The molecule has 0 amide bonds. The van der Waals surface area contributed by atoms with E-state index >= 15 is 0 Å². The zero-order valence-corrected chi connectivity index (χ0v) is 15.0. The fraction of sp³-hybridized carbons (Fsp3) is 0.0455. The third-order valence-corrected chi connectivity index (χ3v) is 4.50. The summed E-state index contributed by atoms with van der Waals surface area (Å²) in [6.07, 6.45) is 2.08. The van der Waals surface area contributed by atoms with Gasteiger partial charge in [0.2, 0.25) is 0 Å². The largest absolute Gasteiger partial charge is 0.384 e. The zero-order chi connectivity index (χ0) is 19.2. The third kappa shape index (κ3) is 4.06. The Hall–Kier alpha value is -3.41. The van der Waals surface area contributed by atoms with Crippen LogP contribution in [0.5, 0.6) is 0 Å². The van der Waals surface area contributed by atoms with Gasteiger partial charge >= 0.3 is 0 Å². The Morgan fingerprint density at radius 1 is 0.815 bits per heavy atom. The smallest absolute Gasteiger partial charge is 0.122 e. The lowest BCUT2D eigenvalue weighted by molar-refractivity contribution is 0.837. The van der Waals surface area contributed by atoms with Crippen LogP contribution in [-0.4, -0.2) is 10.4 Å². The van der Waals surface area contributed by atoms with Gasteiger partial charge in [0.25, 0.3) is 0 Å². The highest BCUT2D eigenvalue weighted by Gasteiger charge is 2.05. The molecule has 0 unspecified atom stereocenters. The Morgan fingerprint density at radius 2 is 1.48 bits per heavy atom. The first-order chi connectivity index (χ1) is 13.2. The summed E-state index contributed by atoms with van der Waals surface area (Å²) in [5.41, 5.74) is 11.2. The van der Waals surface area contributed by atoms with Gasteiger partial charge in [0, 0.05) is 29.2 Å². The molecule has 0 atom stereocenters. The molecule has 0 saturated heterocycles. The summed E-state index contributed by atoms with van der Waals surface area (Å²) in [5.74, 6) is 8.10. The van der Waals surface area contributed by atoms with E-state index in [0.29, 0.717) is 0 Å². The molecule has 0 spiro atoms. The number of nitrogens with zero attached hydrogens (tertiary/aromatic N) is 1. The number of nitrogens with two attached hydrogens (primary N) is 3. The number of rotatable bonds is 4. The van der Waals surface area contributed by atoms with E-state index in [4.69, 9.17) is 11.1 Å². The van der Waals surface area contributed by atoms with Crippen LogP contribution in [0.25, 0.3) is 22.0 Å². The molecular formula is C22H23N5. The monoisotopic (exact) mass is 357 g/mol. The molecule has 1 aromatic heterocycles. The van der Waals surface area contributed by atoms with E-state index in [0.717, 1.165) is 23.0 Å². The van der Waals surface area contributed by atoms with Crippen molar-refractivity contribution in [1.29, 1.82) is 5.41 Å². The van der Waals surface area contributed by atoms with E-state index in [1.165, 1.54) is 16.7 Å². The number of hydrazine groups is 1. The van der Waals surface area contributed by atoms with E-state index in [9.17, 15) is 0 Å². The van der Waals surface area contributed by atoms with Gasteiger partial charge in [-0.15, -0.1) is 0 Å². The highest BCUT2D eigenvalue weighted by atomic mass is 15.0. The van der Waals surface area contributed by atoms with E-state index in [2.05, 4.69) is 77.0 Å². The van der Waals surface area contributed by atoms with Crippen LogP contribution in [0, 0.1) is 5.41 Å². The number of hydrogen-bond donors (Lipinski definition) is 4. The lowest BCUT2D eigenvalue weighted by Gasteiger charge is -2.08. The molecule has 3 aromatic carbocycles. The molecule has 0 radical (unpaired) electrons. The highest BCUT2D eigenvalue weighted by molar-refractivity contribution is 5.98. The number of hydrogen-bond acceptors (Lipinski definition) is 3. The highest BCUT2D eigenvalue weighted by Crippen LogP contribution is 2.22. The van der Waals surface area contributed by atoms with Crippen LogP contribution < -0.4 is 17.4 Å². The normalized spacial score (nSPS) is 10.3. The molecule has 0 aliphatic carbocycles. The van der Waals surface area contributed by atoms with Crippen molar-refractivity contribution in [2.45, 2.75) is 6.54 Å². The van der Waals surface area contributed by atoms with Gasteiger partial charge in [-0.25, -0.2) is 0 Å². The second-order valence-corrected chi connectivity index (χ2v) is 6.19. The number of benzene rings is 3. The maximum atomic E-state index is 7.56. The second kappa shape index (κ2) is 8.31. The summed E-state index contributed by atoms with van der Waals surface area (Å²) in [7, 11) is 0. The van der Waals surface area contributed by atoms with Crippen LogP contribution in [0.3, 0.4) is 0 Å². The summed E-state index contributed by atoms with van der Waals surface area (Å²) in [4.78, 5) is 0. The minimum absolute atomic E-state index is 0.103. The molecule has 0 aliphatic rings. The lowest BCUT2D eigenvalue weighted by atomic mass is 10.0. The average molecular weight is 357 g/mol. The number of nitrogen functional groups attached to an aromatic ring is 1. The third-order valence-electron chi connectivity index (χ3n) is 4.50. The summed E-state index contributed by atoms with van der Waals surface area (Å²) in [6, 6.07) is 27.1. The standard InChI is InChI=1S/C22H19N3.H4N2/c23-22(24)20-10-11-21-19(14-20)12-13-25(21)15-16-6-8-18(9-7-16)17-4-2-1-3-5-17;1-2/h1-14H,15H2,(H3,23,24);1-2H2. The van der Waals surface area contributed by atoms with Gasteiger partial charge < -0.3 is 10.3 Å². The summed E-state index contributed by atoms with van der Waals surface area (Å²) >= 11 is 0. The molecule has 1 heterocycles. The Kier molecular flexibility index (Phi) is 5.66. The van der Waals surface area contributed by atoms with Gasteiger partial charge in [-0.2, -0.15) is 0 Å². The maximum absolute atomic E-state index is 7.56. The molecule has 0 aliphatic heterocycles. The summed E-state index contributed by atoms with van der Waals surface area (Å²) in [6.45, 7) is 0.817. The fourth-order valence-electron chi connectivity index (χ4n) is 3.14. The summed E-state index contributed by atoms with van der Waals surface area (Å²) < 4.78 is 2.22. The van der Waals surface area contributed by atoms with Crippen molar-refractivity contribution in [2.24, 2.45) is 17.4 Å². The Morgan fingerprint density at radius 3 is 2.15 bits per heavy atom. The van der Waals surface area contributed by atoms with Crippen LogP contribution in [-0.2, 0) is 6.54 Å². The van der Waals surface area contributed by atoms with E-state index in [-0.39, 0.29) is 5.84 Å². The lowest BCUT2D eigenvalue weighted by Crippen LogP contribution is -2.10. The van der Waals surface area contributed by atoms with Gasteiger partial charge in [0.15, 0.2) is 0 Å². The van der Waals surface area contributed by atoms with E-state index in [1.54, 1.807) is 0 Å². The van der Waals surface area contributed by atoms with Gasteiger partial charge in [-0.1, -0.05) is 54.6 Å². The quantitative estimate of drug-likeness (QED) is 0.194. The number of aromatic nitrogens is 1. The number of fused-ring (bicyclic) bond motifs is 1. The Balaban J connectivity index is 0.00000102. The van der Waals surface area contributed by atoms with Gasteiger partial charge in [-0.05, 0) is 41.0 Å². The minimum atomic E-state index is 0.103. The molecule has 4 rings (SSSR count). The summed E-state index contributed by atoms with van der Waals surface area (Å²) in [5, 5.41) is 8.66. The fourth-order valence-corrected chi connectivity index (χ4v) is 3.14. The van der Waals surface area contributed by atoms with Crippen molar-refractivity contribution < 1.29 is 0 Å². The first-order valence-electron chi connectivity index (χ1n) is 8.62. The van der Waals surface area contributed by atoms with E-state index < -0.39 is 0 Å². The SMILES string of the molecule is N=C(N)c1ccc2c(ccn2Cc2ccc(-c3ccccc3)cc2)c1.NN. The van der Waals surface area contributed by atoms with Crippen molar-refractivity contribution in [3.05, 3.63) is 96.2 Å². The van der Waals surface area contributed by atoms with Crippen molar-refractivity contribution in [1.82, 2.24) is 4.57 Å². The molecule has 136 valence electrons. The van der Waals surface area contributed by atoms with E-state index in [1.807, 2.05) is 24.3 Å². The molecule has 7 N–H and O–H groups in total. The molecule has 0 bridgehead atoms. The molecule has 4 aromatic rings. The predicted octanol–water partition coefficient (Wildman–Crippen LogP) is 3.46. The number of nitrogens with one attached hydrogen (secondary N) is 1. The molecule has 5 heteroatoms. The average Bonchev–Trinajstić information content (AvgIpc) is 3.13. The van der Waals surface area contributed by atoms with Gasteiger partial charge in [0.1, 0.15) is 5.84 Å². The molecule has 0 fully saturated rings. The zero-order valence-electron chi connectivity index (χ0n) is 15.0. The maximum Gasteiger partial charge on any atom is 0.122 e. The van der Waals surface area contributed by atoms with Crippen LogP contribution >= 0.6 is 0 Å². The van der Waals surface area contributed by atoms with Gasteiger partial charge in [-0.3, -0.25) is 17.1 Å². The topological polar surface area (TPSA) is 107 Å². The molecular weight excluding hydrogens is 334 g/mol. The van der Waals surface area contributed by atoms with Crippen molar-refractivity contribution >= 4 is 16.7 Å². The van der Waals surface area contributed by atoms with Crippen molar-refractivity contribution in [3.63, 3.8) is 0 Å². The van der Waals surface area contributed by atoms with Crippen LogP contribution in [0.4, 0.5) is 0 Å². The van der Waals surface area contributed by atoms with Crippen molar-refractivity contribution in [2.75, 3.05) is 0 Å². The molecule has 0 saturated carbocycles. The van der Waals surface area contributed by atoms with Crippen LogP contribution in [0.15, 0.2) is 85.1 Å². The van der Waals surface area contributed by atoms with Crippen molar-refractivity contribution in [3.8, 4) is 11.1 Å². The first kappa shape index (κ1) is 18.4. The molecule has 5 nitrogen and oxygen atoms in total. The molecule has 27 heavy (non-hydrogen) atoms. The first-order valence-corrected chi connectivity index (χ1v) is 8.62. The van der Waals surface area contributed by atoms with Crippen LogP contribution in [0.1, 0.15) is 11.1 Å².